The van der Waals surface area contributed by atoms with E-state index < -0.39 is 11.8 Å². The molecule has 0 saturated carbocycles. The number of benzene rings is 2. The number of para-hydroxylation sites is 3. The van der Waals surface area contributed by atoms with E-state index >= 15 is 0 Å². The zero-order chi connectivity index (χ0) is 19.2. The molecule has 1 fully saturated rings. The van der Waals surface area contributed by atoms with Crippen LogP contribution < -0.4 is 15.5 Å². The average molecular weight is 367 g/mol. The topological polar surface area (TPSA) is 70.7 Å². The van der Waals surface area contributed by atoms with Crippen molar-refractivity contribution in [2.75, 3.05) is 41.8 Å². The lowest BCUT2D eigenvalue weighted by molar-refractivity contribution is -0.133. The summed E-state index contributed by atoms with van der Waals surface area (Å²) in [6.45, 7) is 6.89. The number of morpholine rings is 1. The third-order valence-corrected chi connectivity index (χ3v) is 4.54. The van der Waals surface area contributed by atoms with Crippen molar-refractivity contribution in [1.82, 2.24) is 0 Å². The smallest absolute Gasteiger partial charge is 0.314 e. The van der Waals surface area contributed by atoms with Crippen molar-refractivity contribution in [3.05, 3.63) is 54.1 Å². The normalized spacial score (nSPS) is 14.1. The van der Waals surface area contributed by atoms with E-state index in [1.807, 2.05) is 56.3 Å². The van der Waals surface area contributed by atoms with Gasteiger partial charge in [0.05, 0.1) is 24.6 Å². The Morgan fingerprint density at radius 2 is 1.44 bits per heavy atom. The third-order valence-electron chi connectivity index (χ3n) is 4.54. The highest BCUT2D eigenvalue weighted by Gasteiger charge is 2.20. The molecule has 142 valence electrons. The minimum atomic E-state index is -0.686. The molecular weight excluding hydrogens is 342 g/mol. The van der Waals surface area contributed by atoms with Crippen LogP contribution in [0.3, 0.4) is 0 Å². The molecular formula is C21H25N3O3. The van der Waals surface area contributed by atoms with E-state index in [1.165, 1.54) is 0 Å². The van der Waals surface area contributed by atoms with Crippen LogP contribution >= 0.6 is 0 Å². The molecule has 3 rings (SSSR count). The zero-order valence-corrected chi connectivity index (χ0v) is 15.7. The molecule has 0 radical (unpaired) electrons. The van der Waals surface area contributed by atoms with Crippen molar-refractivity contribution >= 4 is 28.9 Å². The number of anilines is 3. The number of hydrogen-bond acceptors (Lipinski definition) is 4. The fraction of sp³-hybridized carbons (Fsp3) is 0.333. The highest BCUT2D eigenvalue weighted by Crippen LogP contribution is 2.27. The quantitative estimate of drug-likeness (QED) is 0.814. The van der Waals surface area contributed by atoms with Crippen LogP contribution in [0.2, 0.25) is 0 Å². The number of nitrogens with zero attached hydrogens (tertiary/aromatic N) is 1. The highest BCUT2D eigenvalue weighted by atomic mass is 16.5. The molecule has 0 bridgehead atoms. The van der Waals surface area contributed by atoms with Crippen molar-refractivity contribution < 1.29 is 14.3 Å². The summed E-state index contributed by atoms with van der Waals surface area (Å²) in [5.41, 5.74) is 3.17. The fourth-order valence-corrected chi connectivity index (χ4v) is 3.13. The van der Waals surface area contributed by atoms with Gasteiger partial charge < -0.3 is 20.3 Å². The Morgan fingerprint density at radius 1 is 0.889 bits per heavy atom. The Bertz CT molecular complexity index is 814. The van der Waals surface area contributed by atoms with Crippen LogP contribution in [0.4, 0.5) is 17.1 Å². The monoisotopic (exact) mass is 367 g/mol. The molecule has 1 aliphatic rings. The third kappa shape index (κ3) is 4.65. The number of nitrogens with one attached hydrogen (secondary N) is 2. The second-order valence-corrected chi connectivity index (χ2v) is 6.77. The van der Waals surface area contributed by atoms with Gasteiger partial charge in [-0.15, -0.1) is 0 Å². The summed E-state index contributed by atoms with van der Waals surface area (Å²) in [4.78, 5) is 27.0. The van der Waals surface area contributed by atoms with Crippen molar-refractivity contribution in [1.29, 1.82) is 0 Å². The predicted molar refractivity (Wildman–Crippen MR) is 107 cm³/mol. The van der Waals surface area contributed by atoms with Crippen LogP contribution in [0.25, 0.3) is 0 Å². The van der Waals surface area contributed by atoms with Crippen molar-refractivity contribution in [3.63, 3.8) is 0 Å². The maximum absolute atomic E-state index is 12.5. The van der Waals surface area contributed by atoms with E-state index in [-0.39, 0.29) is 5.92 Å². The van der Waals surface area contributed by atoms with Gasteiger partial charge in [0.25, 0.3) is 0 Å². The Hall–Kier alpha value is -2.86. The molecule has 0 aliphatic carbocycles. The second kappa shape index (κ2) is 8.68. The largest absolute Gasteiger partial charge is 0.378 e. The van der Waals surface area contributed by atoms with Gasteiger partial charge in [-0.2, -0.15) is 0 Å². The number of hydrogen-bond donors (Lipinski definition) is 2. The van der Waals surface area contributed by atoms with Gasteiger partial charge in [0.1, 0.15) is 0 Å². The molecule has 1 saturated heterocycles. The SMILES string of the molecule is CC(C)c1ccccc1NC(=O)C(=O)Nc1ccccc1N1CCOCC1. The molecule has 1 heterocycles. The van der Waals surface area contributed by atoms with E-state index in [1.54, 1.807) is 6.07 Å². The Morgan fingerprint density at radius 3 is 2.11 bits per heavy atom. The Balaban J connectivity index is 1.72. The average Bonchev–Trinajstić information content (AvgIpc) is 2.69. The first-order valence-electron chi connectivity index (χ1n) is 9.19. The Kier molecular flexibility index (Phi) is 6.08. The number of rotatable bonds is 4. The maximum Gasteiger partial charge on any atom is 0.314 e. The minimum Gasteiger partial charge on any atom is -0.378 e. The van der Waals surface area contributed by atoms with Crippen LogP contribution in [-0.4, -0.2) is 38.1 Å². The van der Waals surface area contributed by atoms with Gasteiger partial charge in [0.2, 0.25) is 0 Å². The first kappa shape index (κ1) is 18.9. The van der Waals surface area contributed by atoms with Gasteiger partial charge in [0.15, 0.2) is 0 Å². The minimum absolute atomic E-state index is 0.242. The van der Waals surface area contributed by atoms with Gasteiger partial charge in [-0.1, -0.05) is 44.2 Å². The standard InChI is InChI=1S/C21H25N3O3/c1-15(2)16-7-3-4-8-17(16)22-20(25)21(26)23-18-9-5-6-10-19(18)24-11-13-27-14-12-24/h3-10,15H,11-14H2,1-2H3,(H,22,25)(H,23,26). The van der Waals surface area contributed by atoms with Gasteiger partial charge in [-0.05, 0) is 29.7 Å². The molecule has 0 unspecified atom stereocenters. The summed E-state index contributed by atoms with van der Waals surface area (Å²) in [5.74, 6) is -1.12. The number of carbonyl (C=O) groups excluding carboxylic acids is 2. The lowest BCUT2D eigenvalue weighted by atomic mass is 10.0. The van der Waals surface area contributed by atoms with E-state index in [9.17, 15) is 9.59 Å². The fourth-order valence-electron chi connectivity index (χ4n) is 3.13. The molecule has 6 nitrogen and oxygen atoms in total. The molecule has 2 aromatic rings. The summed E-state index contributed by atoms with van der Waals surface area (Å²) in [7, 11) is 0. The van der Waals surface area contributed by atoms with E-state index in [4.69, 9.17) is 4.74 Å². The molecule has 27 heavy (non-hydrogen) atoms. The van der Waals surface area contributed by atoms with E-state index in [0.29, 0.717) is 24.6 Å². The number of ether oxygens (including phenoxy) is 1. The Labute approximate surface area is 159 Å². The molecule has 0 aromatic heterocycles. The highest BCUT2D eigenvalue weighted by molar-refractivity contribution is 6.44. The zero-order valence-electron chi connectivity index (χ0n) is 15.7. The van der Waals surface area contributed by atoms with Gasteiger partial charge in [0, 0.05) is 18.8 Å². The van der Waals surface area contributed by atoms with E-state index in [2.05, 4.69) is 15.5 Å². The molecule has 2 N–H and O–H groups in total. The summed E-state index contributed by atoms with van der Waals surface area (Å²) in [5, 5.41) is 5.47. The van der Waals surface area contributed by atoms with E-state index in [0.717, 1.165) is 24.3 Å². The lowest BCUT2D eigenvalue weighted by Crippen LogP contribution is -2.37. The summed E-state index contributed by atoms with van der Waals surface area (Å²) in [6, 6.07) is 15.0. The van der Waals surface area contributed by atoms with Crippen molar-refractivity contribution in [2.45, 2.75) is 19.8 Å². The van der Waals surface area contributed by atoms with Crippen LogP contribution in [-0.2, 0) is 14.3 Å². The number of carbonyl (C=O) groups is 2. The van der Waals surface area contributed by atoms with Crippen LogP contribution in [0, 0.1) is 0 Å². The maximum atomic E-state index is 12.5. The van der Waals surface area contributed by atoms with Crippen LogP contribution in [0.15, 0.2) is 48.5 Å². The summed E-state index contributed by atoms with van der Waals surface area (Å²) >= 11 is 0. The second-order valence-electron chi connectivity index (χ2n) is 6.77. The first-order valence-corrected chi connectivity index (χ1v) is 9.19. The van der Waals surface area contributed by atoms with Crippen molar-refractivity contribution in [2.24, 2.45) is 0 Å². The summed E-state index contributed by atoms with van der Waals surface area (Å²) in [6.07, 6.45) is 0. The molecule has 6 heteroatoms. The predicted octanol–water partition coefficient (Wildman–Crippen LogP) is 3.22. The lowest BCUT2D eigenvalue weighted by Gasteiger charge is -2.30. The number of amides is 2. The van der Waals surface area contributed by atoms with Gasteiger partial charge >= 0.3 is 11.8 Å². The molecule has 2 amide bonds. The molecule has 0 spiro atoms. The van der Waals surface area contributed by atoms with Gasteiger partial charge in [-0.25, -0.2) is 0 Å². The summed E-state index contributed by atoms with van der Waals surface area (Å²) < 4.78 is 5.38. The van der Waals surface area contributed by atoms with Crippen molar-refractivity contribution in [3.8, 4) is 0 Å². The molecule has 0 atom stereocenters. The van der Waals surface area contributed by atoms with Gasteiger partial charge in [-0.3, -0.25) is 9.59 Å². The molecule has 1 aliphatic heterocycles. The molecule has 2 aromatic carbocycles. The van der Waals surface area contributed by atoms with Crippen LogP contribution in [0.5, 0.6) is 0 Å². The van der Waals surface area contributed by atoms with Crippen LogP contribution in [0.1, 0.15) is 25.3 Å². The first-order chi connectivity index (χ1) is 13.1.